The summed E-state index contributed by atoms with van der Waals surface area (Å²) < 4.78 is 6.11. The number of hydrogen-bond donors (Lipinski definition) is 0. The van der Waals surface area contributed by atoms with Gasteiger partial charge in [0.1, 0.15) is 0 Å². The van der Waals surface area contributed by atoms with E-state index in [4.69, 9.17) is 4.43 Å². The fourth-order valence-electron chi connectivity index (χ4n) is 1.76. The smallest absolute Gasteiger partial charge is 0.253 e. The second-order valence-corrected chi connectivity index (χ2v) is 12.0. The van der Waals surface area contributed by atoms with E-state index >= 15 is 0 Å². The molecule has 0 N–H and O–H groups in total. The minimum atomic E-state index is -1.76. The molecule has 0 saturated carbocycles. The van der Waals surface area contributed by atoms with Crippen LogP contribution < -0.4 is 4.90 Å². The number of likely N-dealkylation sites (N-methyl/N-ethyl adjacent to an activating group) is 1. The summed E-state index contributed by atoms with van der Waals surface area (Å²) in [6.07, 6.45) is 0.572. The van der Waals surface area contributed by atoms with Gasteiger partial charge in [0.05, 0.1) is 0 Å². The molecule has 0 aliphatic carbocycles. The minimum absolute atomic E-state index is 0.0509. The molecule has 0 spiro atoms. The third-order valence-corrected chi connectivity index (χ3v) is 8.96. The van der Waals surface area contributed by atoms with Gasteiger partial charge in [0.15, 0.2) is 8.32 Å². The number of carbonyl (C=O) groups excluding carboxylic acids is 1. The number of anilines is 1. The van der Waals surface area contributed by atoms with Crippen LogP contribution in [-0.4, -0.2) is 27.9 Å². The highest BCUT2D eigenvalue weighted by Crippen LogP contribution is 2.36. The largest absolute Gasteiger partial charge is 0.416 e. The zero-order chi connectivity index (χ0) is 17.0. The lowest BCUT2D eigenvalue weighted by atomic mass is 10.2. The fourth-order valence-corrected chi connectivity index (χ4v) is 2.80. The van der Waals surface area contributed by atoms with Crippen molar-refractivity contribution in [2.75, 3.05) is 18.6 Å². The van der Waals surface area contributed by atoms with E-state index in [0.717, 1.165) is 5.69 Å². The molecule has 0 aliphatic heterocycles. The first-order chi connectivity index (χ1) is 10.1. The molecule has 4 heteroatoms. The molecule has 122 valence electrons. The van der Waals surface area contributed by atoms with Crippen molar-refractivity contribution in [2.45, 2.75) is 45.3 Å². The third kappa shape index (κ3) is 4.82. The first-order valence-corrected chi connectivity index (χ1v) is 10.6. The number of hydrogen-bond acceptors (Lipinski definition) is 2. The molecule has 0 unspecified atom stereocenters. The fraction of sp³-hybridized carbons (Fsp3) is 0.500. The molecular weight excluding hydrogens is 290 g/mol. The second-order valence-electron chi connectivity index (χ2n) is 7.16. The molecule has 1 rings (SSSR count). The van der Waals surface area contributed by atoms with Gasteiger partial charge in [0.2, 0.25) is 0 Å². The lowest BCUT2D eigenvalue weighted by Gasteiger charge is -2.36. The molecular formula is C18H29NO2Si. The number of rotatable bonds is 6. The van der Waals surface area contributed by atoms with E-state index in [1.54, 1.807) is 11.9 Å². The zero-order valence-electron chi connectivity index (χ0n) is 14.8. The number of benzene rings is 1. The summed E-state index contributed by atoms with van der Waals surface area (Å²) in [6.45, 7) is 15.6. The highest BCUT2D eigenvalue weighted by Gasteiger charge is 2.36. The van der Waals surface area contributed by atoms with Crippen molar-refractivity contribution in [2.24, 2.45) is 0 Å². The Bertz CT molecular complexity index is 518. The van der Waals surface area contributed by atoms with Crippen LogP contribution in [0.2, 0.25) is 18.1 Å². The number of carbonyl (C=O) groups is 1. The Morgan fingerprint density at radius 3 is 2.27 bits per heavy atom. The summed E-state index contributed by atoms with van der Waals surface area (Å²) in [6, 6.07) is 9.60. The van der Waals surface area contributed by atoms with Crippen molar-refractivity contribution >= 4 is 19.9 Å². The lowest BCUT2D eigenvalue weighted by molar-refractivity contribution is -0.115. The van der Waals surface area contributed by atoms with Crippen molar-refractivity contribution in [3.05, 3.63) is 42.5 Å². The van der Waals surface area contributed by atoms with Crippen molar-refractivity contribution in [3.8, 4) is 0 Å². The molecule has 0 saturated heterocycles. The van der Waals surface area contributed by atoms with E-state index in [1.807, 2.05) is 30.3 Å². The Kier molecular flexibility index (Phi) is 6.14. The van der Waals surface area contributed by atoms with Crippen LogP contribution in [-0.2, 0) is 9.22 Å². The van der Waals surface area contributed by atoms with Gasteiger partial charge in [0, 0.05) is 24.9 Å². The van der Waals surface area contributed by atoms with Gasteiger partial charge < -0.3 is 9.33 Å². The maximum Gasteiger partial charge on any atom is 0.253 e. The average molecular weight is 320 g/mol. The summed E-state index contributed by atoms with van der Waals surface area (Å²) in [5, 5.41) is 0.180. The van der Waals surface area contributed by atoms with E-state index in [-0.39, 0.29) is 10.9 Å². The van der Waals surface area contributed by atoms with Crippen molar-refractivity contribution in [1.82, 2.24) is 0 Å². The molecule has 3 nitrogen and oxygen atoms in total. The molecule has 0 atom stereocenters. The van der Waals surface area contributed by atoms with E-state index < -0.39 is 8.32 Å². The number of para-hydroxylation sites is 1. The van der Waals surface area contributed by atoms with Gasteiger partial charge in [-0.05, 0) is 36.7 Å². The van der Waals surface area contributed by atoms with E-state index in [2.05, 4.69) is 40.4 Å². The molecule has 1 aromatic rings. The van der Waals surface area contributed by atoms with E-state index in [0.29, 0.717) is 18.6 Å². The molecule has 0 aliphatic rings. The normalized spacial score (nSPS) is 12.1. The van der Waals surface area contributed by atoms with Gasteiger partial charge in [0.25, 0.3) is 5.91 Å². The highest BCUT2D eigenvalue weighted by atomic mass is 28.4. The molecule has 0 fully saturated rings. The minimum Gasteiger partial charge on any atom is -0.416 e. The van der Waals surface area contributed by atoms with Crippen LogP contribution in [0.5, 0.6) is 0 Å². The molecule has 22 heavy (non-hydrogen) atoms. The first kappa shape index (κ1) is 18.7. The van der Waals surface area contributed by atoms with Crippen LogP contribution in [0.3, 0.4) is 0 Å². The lowest BCUT2D eigenvalue weighted by Crippen LogP contribution is -2.41. The topological polar surface area (TPSA) is 29.5 Å². The molecule has 1 amide bonds. The molecule has 0 radical (unpaired) electrons. The summed E-state index contributed by atoms with van der Waals surface area (Å²) >= 11 is 0. The standard InChI is InChI=1S/C18H29NO2Si/c1-15(13-14-21-22(6,7)18(2,3)4)17(20)19(5)16-11-9-8-10-12-16/h8-12H,1,13-14H2,2-7H3. The summed E-state index contributed by atoms with van der Waals surface area (Å²) in [5.74, 6) is -0.0509. The predicted octanol–water partition coefficient (Wildman–Crippen LogP) is 4.62. The Labute approximate surface area is 136 Å². The van der Waals surface area contributed by atoms with Gasteiger partial charge in [-0.15, -0.1) is 0 Å². The van der Waals surface area contributed by atoms with Crippen LogP contribution in [0.1, 0.15) is 27.2 Å². The van der Waals surface area contributed by atoms with Crippen molar-refractivity contribution < 1.29 is 9.22 Å². The third-order valence-electron chi connectivity index (χ3n) is 4.42. The van der Waals surface area contributed by atoms with Crippen molar-refractivity contribution in [1.29, 1.82) is 0 Å². The first-order valence-electron chi connectivity index (χ1n) is 7.71. The zero-order valence-corrected chi connectivity index (χ0v) is 15.8. The Morgan fingerprint density at radius 1 is 1.23 bits per heavy atom. The van der Waals surface area contributed by atoms with Crippen LogP contribution in [0.25, 0.3) is 0 Å². The van der Waals surface area contributed by atoms with Gasteiger partial charge in [-0.1, -0.05) is 45.5 Å². The quantitative estimate of drug-likeness (QED) is 0.566. The van der Waals surface area contributed by atoms with Crippen LogP contribution in [0.15, 0.2) is 42.5 Å². The SMILES string of the molecule is C=C(CCO[Si](C)(C)C(C)(C)C)C(=O)N(C)c1ccccc1. The highest BCUT2D eigenvalue weighted by molar-refractivity contribution is 6.74. The van der Waals surface area contributed by atoms with Gasteiger partial charge in [-0.2, -0.15) is 0 Å². The number of amides is 1. The Morgan fingerprint density at radius 2 is 1.77 bits per heavy atom. The van der Waals surface area contributed by atoms with Crippen molar-refractivity contribution in [3.63, 3.8) is 0 Å². The maximum atomic E-state index is 12.4. The summed E-state index contributed by atoms with van der Waals surface area (Å²) in [5.41, 5.74) is 1.46. The maximum absolute atomic E-state index is 12.4. The molecule has 0 aromatic heterocycles. The Hall–Kier alpha value is -1.39. The molecule has 1 aromatic carbocycles. The van der Waals surface area contributed by atoms with Gasteiger partial charge in [-0.3, -0.25) is 4.79 Å². The monoisotopic (exact) mass is 319 g/mol. The summed E-state index contributed by atoms with van der Waals surface area (Å²) in [4.78, 5) is 14.0. The predicted molar refractivity (Wildman–Crippen MR) is 96.8 cm³/mol. The molecule has 0 heterocycles. The van der Waals surface area contributed by atoms with E-state index in [9.17, 15) is 4.79 Å². The van der Waals surface area contributed by atoms with E-state index in [1.165, 1.54) is 0 Å². The van der Waals surface area contributed by atoms with Gasteiger partial charge >= 0.3 is 0 Å². The summed E-state index contributed by atoms with van der Waals surface area (Å²) in [7, 11) is 0.0117. The Balaban J connectivity index is 2.54. The van der Waals surface area contributed by atoms with Crippen LogP contribution >= 0.6 is 0 Å². The van der Waals surface area contributed by atoms with Crippen LogP contribution in [0, 0.1) is 0 Å². The van der Waals surface area contributed by atoms with Crippen LogP contribution in [0.4, 0.5) is 5.69 Å². The number of nitrogens with zero attached hydrogens (tertiary/aromatic N) is 1. The average Bonchev–Trinajstić information content (AvgIpc) is 2.45. The van der Waals surface area contributed by atoms with Gasteiger partial charge in [-0.25, -0.2) is 0 Å². The second kappa shape index (κ2) is 7.25. The molecule has 0 bridgehead atoms.